The van der Waals surface area contributed by atoms with E-state index < -0.39 is 6.09 Å². The molecule has 0 aliphatic rings. The lowest BCUT2D eigenvalue weighted by Crippen LogP contribution is -2.03. The van der Waals surface area contributed by atoms with Gasteiger partial charge < -0.3 is 15.6 Å². The Morgan fingerprint density at radius 1 is 1.60 bits per heavy atom. The zero-order valence-corrected chi connectivity index (χ0v) is 5.96. The molecule has 60 valence electrons. The molecule has 0 spiro atoms. The molecule has 1 amide bonds. The number of primary amides is 1. The van der Waals surface area contributed by atoms with Crippen LogP contribution in [0.15, 0.2) is 0 Å². The highest BCUT2D eigenvalue weighted by atomic mass is 16.5. The van der Waals surface area contributed by atoms with Gasteiger partial charge in [0.05, 0.1) is 7.11 Å². The predicted octanol–water partition coefficient (Wildman–Crippen LogP) is 0.193. The molecule has 0 heterocycles. The van der Waals surface area contributed by atoms with Crippen molar-refractivity contribution in [1.29, 1.82) is 0 Å². The van der Waals surface area contributed by atoms with Gasteiger partial charge in [0.1, 0.15) is 0 Å². The summed E-state index contributed by atoms with van der Waals surface area (Å²) in [5, 5.41) is 7.19. The van der Waals surface area contributed by atoms with Crippen molar-refractivity contribution in [3.63, 3.8) is 0 Å². The van der Waals surface area contributed by atoms with Crippen LogP contribution in [0.5, 0.6) is 0 Å². The normalized spacial score (nSPS) is 7.00. The zero-order chi connectivity index (χ0) is 8.57. The Labute approximate surface area is 58.8 Å². The number of rotatable bonds is 1. The van der Waals surface area contributed by atoms with Crippen molar-refractivity contribution in [2.75, 3.05) is 7.11 Å². The van der Waals surface area contributed by atoms with Gasteiger partial charge in [-0.05, 0) is 0 Å². The van der Waals surface area contributed by atoms with Gasteiger partial charge in [-0.25, -0.2) is 4.79 Å². The fourth-order valence-electron chi connectivity index (χ4n) is 0.144. The van der Waals surface area contributed by atoms with Gasteiger partial charge in [0.2, 0.25) is 0 Å². The molecule has 10 heavy (non-hydrogen) atoms. The third-order valence-corrected chi connectivity index (χ3v) is 0.516. The minimum Gasteiger partial charge on any atom is -0.469 e. The van der Waals surface area contributed by atoms with Crippen molar-refractivity contribution in [2.45, 2.75) is 13.3 Å². The molecule has 0 saturated carbocycles. The van der Waals surface area contributed by atoms with Crippen LogP contribution in [0.2, 0.25) is 0 Å². The third kappa shape index (κ3) is 29.6. The first-order valence-electron chi connectivity index (χ1n) is 2.59. The predicted molar refractivity (Wildman–Crippen MR) is 34.5 cm³/mol. The second-order valence-electron chi connectivity index (χ2n) is 1.27. The Bertz CT molecular complexity index is 102. The van der Waals surface area contributed by atoms with Gasteiger partial charge in [-0.3, -0.25) is 4.79 Å². The molecule has 5 nitrogen and oxygen atoms in total. The number of carbonyl (C=O) groups excluding carboxylic acids is 1. The van der Waals surface area contributed by atoms with E-state index in [1.165, 1.54) is 7.11 Å². The van der Waals surface area contributed by atoms with Crippen LogP contribution >= 0.6 is 0 Å². The minimum absolute atomic E-state index is 0.157. The minimum atomic E-state index is -1.33. The van der Waals surface area contributed by atoms with Gasteiger partial charge in [-0.2, -0.15) is 0 Å². The van der Waals surface area contributed by atoms with Crippen molar-refractivity contribution in [1.82, 2.24) is 0 Å². The topological polar surface area (TPSA) is 89.6 Å². The number of nitrogens with two attached hydrogens (primary N) is 1. The Balaban J connectivity index is 0. The highest BCUT2D eigenvalue weighted by molar-refractivity contribution is 5.68. The van der Waals surface area contributed by atoms with Crippen LogP contribution in [0.3, 0.4) is 0 Å². The van der Waals surface area contributed by atoms with Crippen LogP contribution in [0, 0.1) is 0 Å². The molecule has 0 aromatic rings. The summed E-state index contributed by atoms with van der Waals surface area (Å²) in [6, 6.07) is 0. The number of carbonyl (C=O) groups is 2. The van der Waals surface area contributed by atoms with Crippen LogP contribution in [-0.2, 0) is 9.53 Å². The monoisotopic (exact) mass is 149 g/mol. The molecule has 0 rings (SSSR count). The van der Waals surface area contributed by atoms with Gasteiger partial charge in [0, 0.05) is 6.42 Å². The Morgan fingerprint density at radius 3 is 1.90 bits per heavy atom. The van der Waals surface area contributed by atoms with E-state index >= 15 is 0 Å². The fourth-order valence-corrected chi connectivity index (χ4v) is 0.144. The summed E-state index contributed by atoms with van der Waals surface area (Å²) in [5.41, 5.74) is 4.03. The summed E-state index contributed by atoms with van der Waals surface area (Å²) in [6.07, 6.45) is -0.865. The smallest absolute Gasteiger partial charge is 0.402 e. The molecule has 3 N–H and O–H groups in total. The van der Waals surface area contributed by atoms with Gasteiger partial charge in [0.25, 0.3) is 0 Å². The lowest BCUT2D eigenvalue weighted by molar-refractivity contribution is -0.140. The maximum Gasteiger partial charge on any atom is 0.402 e. The molecule has 0 unspecified atom stereocenters. The first-order chi connectivity index (χ1) is 4.54. The Morgan fingerprint density at radius 2 is 1.90 bits per heavy atom. The fraction of sp³-hybridized carbons (Fsp3) is 0.600. The molecular formula is C5H11NO4. The summed E-state index contributed by atoms with van der Waals surface area (Å²) < 4.78 is 4.26. The number of esters is 1. The number of carboxylic acid groups (broad SMARTS) is 1. The van der Waals surface area contributed by atoms with Gasteiger partial charge in [0.15, 0.2) is 0 Å². The number of methoxy groups -OCH3 is 1. The molecule has 0 fully saturated rings. The zero-order valence-electron chi connectivity index (χ0n) is 5.96. The van der Waals surface area contributed by atoms with Crippen LogP contribution < -0.4 is 5.73 Å². The maximum absolute atomic E-state index is 9.96. The molecule has 0 aromatic heterocycles. The second-order valence-corrected chi connectivity index (χ2v) is 1.27. The van der Waals surface area contributed by atoms with Crippen molar-refractivity contribution in [2.24, 2.45) is 5.73 Å². The standard InChI is InChI=1S/C4H8O2.CH3NO2/c1-3-4(5)6-2;2-1(3)4/h3H2,1-2H3;2H2,(H,3,4). The average Bonchev–Trinajstić information content (AvgIpc) is 1.85. The van der Waals surface area contributed by atoms with E-state index in [9.17, 15) is 4.79 Å². The van der Waals surface area contributed by atoms with Gasteiger partial charge >= 0.3 is 12.1 Å². The van der Waals surface area contributed by atoms with Gasteiger partial charge in [-0.1, -0.05) is 6.92 Å². The van der Waals surface area contributed by atoms with E-state index in [0.29, 0.717) is 6.42 Å². The van der Waals surface area contributed by atoms with Gasteiger partial charge in [-0.15, -0.1) is 0 Å². The molecule has 0 saturated heterocycles. The lowest BCUT2D eigenvalue weighted by Gasteiger charge is -1.87. The SMILES string of the molecule is CCC(=O)OC.NC(=O)O. The van der Waals surface area contributed by atoms with Crippen LogP contribution in [0.25, 0.3) is 0 Å². The van der Waals surface area contributed by atoms with E-state index in [2.05, 4.69) is 10.5 Å². The molecule has 0 aromatic carbocycles. The van der Waals surface area contributed by atoms with Crippen molar-refractivity contribution in [3.8, 4) is 0 Å². The Kier molecular flexibility index (Phi) is 8.92. The van der Waals surface area contributed by atoms with Crippen molar-refractivity contribution in [3.05, 3.63) is 0 Å². The first-order valence-corrected chi connectivity index (χ1v) is 2.59. The quantitative estimate of drug-likeness (QED) is 0.521. The van der Waals surface area contributed by atoms with E-state index in [1.807, 2.05) is 0 Å². The van der Waals surface area contributed by atoms with E-state index in [4.69, 9.17) is 9.90 Å². The van der Waals surface area contributed by atoms with Crippen LogP contribution in [0.1, 0.15) is 13.3 Å². The third-order valence-electron chi connectivity index (χ3n) is 0.516. The van der Waals surface area contributed by atoms with E-state index in [0.717, 1.165) is 0 Å². The highest BCUT2D eigenvalue weighted by Gasteiger charge is 1.87. The highest BCUT2D eigenvalue weighted by Crippen LogP contribution is 1.76. The first kappa shape index (κ1) is 11.5. The summed E-state index contributed by atoms with van der Waals surface area (Å²) >= 11 is 0. The summed E-state index contributed by atoms with van der Waals surface area (Å²) in [4.78, 5) is 18.7. The Hall–Kier alpha value is -1.26. The molecule has 0 bridgehead atoms. The van der Waals surface area contributed by atoms with Crippen LogP contribution in [0.4, 0.5) is 4.79 Å². The second kappa shape index (κ2) is 7.74. The number of amides is 1. The summed E-state index contributed by atoms with van der Waals surface area (Å²) in [5.74, 6) is -0.157. The average molecular weight is 149 g/mol. The molecule has 0 aliphatic carbocycles. The van der Waals surface area contributed by atoms with E-state index in [1.54, 1.807) is 6.92 Å². The van der Waals surface area contributed by atoms with Crippen LogP contribution in [-0.4, -0.2) is 24.3 Å². The number of ether oxygens (including phenoxy) is 1. The largest absolute Gasteiger partial charge is 0.469 e. The summed E-state index contributed by atoms with van der Waals surface area (Å²) in [6.45, 7) is 1.76. The number of hydrogen-bond acceptors (Lipinski definition) is 3. The number of hydrogen-bond donors (Lipinski definition) is 2. The van der Waals surface area contributed by atoms with E-state index in [-0.39, 0.29) is 5.97 Å². The summed E-state index contributed by atoms with van der Waals surface area (Å²) in [7, 11) is 1.38. The van der Waals surface area contributed by atoms with Crippen molar-refractivity contribution < 1.29 is 19.4 Å². The molecule has 0 radical (unpaired) electrons. The molecule has 0 aliphatic heterocycles. The molecule has 0 atom stereocenters. The molecular weight excluding hydrogens is 138 g/mol. The lowest BCUT2D eigenvalue weighted by atomic mass is 10.5. The van der Waals surface area contributed by atoms with Crippen molar-refractivity contribution >= 4 is 12.1 Å². The molecule has 5 heteroatoms. The maximum atomic E-state index is 9.96.